The predicted octanol–water partition coefficient (Wildman–Crippen LogP) is 4.57. The summed E-state index contributed by atoms with van der Waals surface area (Å²) in [5.41, 5.74) is 1.57. The molecule has 2 fully saturated rings. The van der Waals surface area contributed by atoms with E-state index in [9.17, 15) is 27.3 Å². The van der Waals surface area contributed by atoms with E-state index in [1.54, 1.807) is 28.0 Å². The minimum Gasteiger partial charge on any atom is -0.356 e. The summed E-state index contributed by atoms with van der Waals surface area (Å²) in [5, 5.41) is 11.2. The molecular formula is C30H38F3N6O5P. The van der Waals surface area contributed by atoms with Crippen LogP contribution in [0.1, 0.15) is 74.7 Å². The number of nitrogens with one attached hydrogen (secondary N) is 1. The van der Waals surface area contributed by atoms with Crippen LogP contribution < -0.4 is 15.1 Å². The van der Waals surface area contributed by atoms with Crippen LogP contribution in [0.15, 0.2) is 30.3 Å². The second kappa shape index (κ2) is 15.2. The lowest BCUT2D eigenvalue weighted by atomic mass is 9.91. The summed E-state index contributed by atoms with van der Waals surface area (Å²) in [6, 6.07) is 10.2. The molecule has 1 aromatic heterocycles. The molecule has 1 atom stereocenters. The van der Waals surface area contributed by atoms with Crippen LogP contribution in [0, 0.1) is 17.2 Å². The molecule has 244 valence electrons. The third-order valence-electron chi connectivity index (χ3n) is 8.28. The van der Waals surface area contributed by atoms with E-state index in [0.717, 1.165) is 5.56 Å². The van der Waals surface area contributed by atoms with Crippen molar-refractivity contribution in [2.45, 2.75) is 76.4 Å². The van der Waals surface area contributed by atoms with Crippen LogP contribution in [0.25, 0.3) is 0 Å². The number of hydrogen-bond donors (Lipinski definition) is 3. The highest BCUT2D eigenvalue weighted by Crippen LogP contribution is 2.35. The molecule has 0 bridgehead atoms. The van der Waals surface area contributed by atoms with Crippen LogP contribution >= 0.6 is 7.60 Å². The number of Topliss-reactive ketones (excluding diaryl/α,β-unsaturated/α-hetero) is 1. The molecule has 15 heteroatoms. The lowest BCUT2D eigenvalue weighted by Crippen LogP contribution is -2.38. The van der Waals surface area contributed by atoms with E-state index in [4.69, 9.17) is 15.0 Å². The Balaban J connectivity index is 1.35. The number of anilines is 2. The van der Waals surface area contributed by atoms with Crippen molar-refractivity contribution in [1.82, 2.24) is 15.3 Å². The van der Waals surface area contributed by atoms with Crippen LogP contribution in [0.3, 0.4) is 0 Å². The maximum absolute atomic E-state index is 13.9. The van der Waals surface area contributed by atoms with E-state index in [0.29, 0.717) is 76.6 Å². The van der Waals surface area contributed by atoms with Gasteiger partial charge in [0.15, 0.2) is 5.78 Å². The molecule has 0 aliphatic carbocycles. The Morgan fingerprint density at radius 3 is 2.36 bits per heavy atom. The molecule has 45 heavy (non-hydrogen) atoms. The first kappa shape index (κ1) is 34.3. The second-order valence-corrected chi connectivity index (χ2v) is 13.3. The molecule has 0 saturated carbocycles. The Kier molecular flexibility index (Phi) is 11.6. The zero-order valence-electron chi connectivity index (χ0n) is 24.9. The third-order valence-corrected chi connectivity index (χ3v) is 8.85. The maximum atomic E-state index is 13.9. The first-order chi connectivity index (χ1) is 21.3. The van der Waals surface area contributed by atoms with Crippen molar-refractivity contribution in [3.63, 3.8) is 0 Å². The van der Waals surface area contributed by atoms with E-state index in [1.807, 2.05) is 12.1 Å². The Labute approximate surface area is 260 Å². The van der Waals surface area contributed by atoms with Crippen molar-refractivity contribution in [2.75, 3.05) is 35.7 Å². The average Bonchev–Trinajstić information content (AvgIpc) is 3.50. The number of piperidine rings is 1. The lowest BCUT2D eigenvalue weighted by Gasteiger charge is -2.34. The van der Waals surface area contributed by atoms with Gasteiger partial charge in [0.25, 0.3) is 0 Å². The smallest absolute Gasteiger partial charge is 0.356 e. The summed E-state index contributed by atoms with van der Waals surface area (Å²) < 4.78 is 52.6. The number of carbonyl (C=O) groups excluding carboxylic acids is 2. The number of carbonyl (C=O) groups is 2. The normalized spacial score (nSPS) is 17.7. The summed E-state index contributed by atoms with van der Waals surface area (Å²) in [6.45, 7) is 1.37. The Morgan fingerprint density at radius 2 is 1.71 bits per heavy atom. The molecule has 4 rings (SSSR count). The molecule has 2 aromatic rings. The Bertz CT molecular complexity index is 1420. The molecule has 3 heterocycles. The number of amides is 1. The number of ketones is 1. The molecule has 2 saturated heterocycles. The molecule has 0 radical (unpaired) electrons. The molecule has 2 aliphatic heterocycles. The largest absolute Gasteiger partial charge is 0.451 e. The Hall–Kier alpha value is -3.53. The Morgan fingerprint density at radius 1 is 1.02 bits per heavy atom. The standard InChI is InChI=1S/C30H38F3N6O5P/c31-30(32,33)29-36-26(38-16-13-22(14-17-38)5-2-8-28(41)35-20-45(42,43)44)18-27(37-29)39-15-3-6-24(39)25(40)7-1-4-21-9-11-23(19-34)12-10-21/h9-12,18,22,24H,1-8,13-17,20H2,(H,35,41)(H2,42,43,44)/t24-/m0/s1. The second-order valence-electron chi connectivity index (χ2n) is 11.6. The minimum atomic E-state index is -4.76. The number of nitrogens with zero attached hydrogens (tertiary/aromatic N) is 5. The van der Waals surface area contributed by atoms with E-state index in [1.165, 1.54) is 0 Å². The molecule has 1 amide bonds. The summed E-state index contributed by atoms with van der Waals surface area (Å²) in [6.07, 6.45) is 0.0256. The number of aromatic nitrogens is 2. The SMILES string of the molecule is N#Cc1ccc(CCCC(=O)[C@@H]2CCCN2c2cc(N3CCC(CCCC(=O)NCP(=O)(O)O)CC3)nc(C(F)(F)F)n2)cc1. The predicted molar refractivity (Wildman–Crippen MR) is 160 cm³/mol. The first-order valence-electron chi connectivity index (χ1n) is 15.1. The summed E-state index contributed by atoms with van der Waals surface area (Å²) in [7, 11) is -4.31. The molecular weight excluding hydrogens is 612 g/mol. The molecule has 11 nitrogen and oxygen atoms in total. The number of nitriles is 1. The van der Waals surface area contributed by atoms with Crippen LogP contribution in [0.2, 0.25) is 0 Å². The topological polar surface area (TPSA) is 160 Å². The highest BCUT2D eigenvalue weighted by molar-refractivity contribution is 7.51. The van der Waals surface area contributed by atoms with Crippen LogP contribution in [0.5, 0.6) is 0 Å². The van der Waals surface area contributed by atoms with Gasteiger partial charge in [0.05, 0.1) is 17.7 Å². The van der Waals surface area contributed by atoms with Gasteiger partial charge >= 0.3 is 13.8 Å². The van der Waals surface area contributed by atoms with Crippen LogP contribution in [0.4, 0.5) is 24.8 Å². The number of aryl methyl sites for hydroxylation is 1. The molecule has 0 unspecified atom stereocenters. The average molecular weight is 651 g/mol. The van der Waals surface area contributed by atoms with E-state index < -0.39 is 37.8 Å². The van der Waals surface area contributed by atoms with Crippen molar-refractivity contribution in [1.29, 1.82) is 5.26 Å². The van der Waals surface area contributed by atoms with Gasteiger partial charge in [-0.3, -0.25) is 14.2 Å². The fourth-order valence-electron chi connectivity index (χ4n) is 5.89. The van der Waals surface area contributed by atoms with Crippen molar-refractivity contribution in [2.24, 2.45) is 5.92 Å². The fraction of sp³-hybridized carbons (Fsp3) is 0.567. The lowest BCUT2D eigenvalue weighted by molar-refractivity contribution is -0.144. The third kappa shape index (κ3) is 10.2. The zero-order valence-corrected chi connectivity index (χ0v) is 25.8. The van der Waals surface area contributed by atoms with Gasteiger partial charge in [-0.25, -0.2) is 9.97 Å². The number of rotatable bonds is 13. The van der Waals surface area contributed by atoms with Gasteiger partial charge in [-0.05, 0) is 75.0 Å². The monoisotopic (exact) mass is 650 g/mol. The number of halogens is 3. The summed E-state index contributed by atoms with van der Waals surface area (Å²) in [4.78, 5) is 54.0. The van der Waals surface area contributed by atoms with Gasteiger partial charge in [0, 0.05) is 38.5 Å². The number of benzene rings is 1. The van der Waals surface area contributed by atoms with Gasteiger partial charge in [0.2, 0.25) is 11.7 Å². The van der Waals surface area contributed by atoms with E-state index in [-0.39, 0.29) is 36.2 Å². The quantitative estimate of drug-likeness (QED) is 0.262. The highest BCUT2D eigenvalue weighted by atomic mass is 31.2. The van der Waals surface area contributed by atoms with Crippen molar-refractivity contribution < 1.29 is 37.1 Å². The minimum absolute atomic E-state index is 0.0360. The van der Waals surface area contributed by atoms with Gasteiger partial charge in [-0.15, -0.1) is 0 Å². The van der Waals surface area contributed by atoms with Crippen LogP contribution in [-0.2, 0) is 26.8 Å². The highest BCUT2D eigenvalue weighted by Gasteiger charge is 2.38. The zero-order chi connectivity index (χ0) is 32.6. The number of hydrogen-bond acceptors (Lipinski definition) is 8. The molecule has 1 aromatic carbocycles. The van der Waals surface area contributed by atoms with Gasteiger partial charge in [-0.2, -0.15) is 18.4 Å². The maximum Gasteiger partial charge on any atom is 0.451 e. The molecule has 0 spiro atoms. The van der Waals surface area contributed by atoms with Gasteiger partial charge in [0.1, 0.15) is 17.9 Å². The molecule has 3 N–H and O–H groups in total. The molecule has 2 aliphatic rings. The van der Waals surface area contributed by atoms with Gasteiger partial charge in [-0.1, -0.05) is 12.1 Å². The van der Waals surface area contributed by atoms with Gasteiger partial charge < -0.3 is 24.9 Å². The van der Waals surface area contributed by atoms with E-state index in [2.05, 4.69) is 21.4 Å². The van der Waals surface area contributed by atoms with Crippen molar-refractivity contribution in [3.05, 3.63) is 47.3 Å². The fourth-order valence-corrected chi connectivity index (χ4v) is 6.28. The van der Waals surface area contributed by atoms with Crippen molar-refractivity contribution >= 4 is 30.9 Å². The van der Waals surface area contributed by atoms with Crippen molar-refractivity contribution in [3.8, 4) is 6.07 Å². The number of alkyl halides is 3. The summed E-state index contributed by atoms with van der Waals surface area (Å²) >= 11 is 0. The summed E-state index contributed by atoms with van der Waals surface area (Å²) in [5.74, 6) is -1.19. The first-order valence-corrected chi connectivity index (χ1v) is 16.9. The van der Waals surface area contributed by atoms with Crippen LogP contribution in [-0.4, -0.2) is 63.4 Å². The van der Waals surface area contributed by atoms with E-state index >= 15 is 0 Å².